The van der Waals surface area contributed by atoms with E-state index in [1.165, 1.54) is 24.3 Å². The number of hydrogen-bond acceptors (Lipinski definition) is 5. The van der Waals surface area contributed by atoms with Crippen LogP contribution < -0.4 is 15.0 Å². The third kappa shape index (κ3) is 5.26. The average molecular weight is 446 g/mol. The minimum Gasteiger partial charge on any atom is -0.488 e. The Morgan fingerprint density at radius 1 is 1.09 bits per heavy atom. The minimum absolute atomic E-state index is 0.0441. The quantitative estimate of drug-likeness (QED) is 0.654. The number of piperidine rings is 1. The summed E-state index contributed by atoms with van der Waals surface area (Å²) in [4.78, 5) is 17.1. The lowest BCUT2D eigenvalue weighted by molar-refractivity contribution is -0.123. The summed E-state index contributed by atoms with van der Waals surface area (Å²) in [6.07, 6.45) is 1.50. The van der Waals surface area contributed by atoms with Crippen LogP contribution in [0.4, 0.5) is 14.5 Å². The van der Waals surface area contributed by atoms with Crippen molar-refractivity contribution in [3.05, 3.63) is 60.2 Å². The number of para-hydroxylation sites is 1. The van der Waals surface area contributed by atoms with Crippen molar-refractivity contribution in [3.8, 4) is 5.75 Å². The van der Waals surface area contributed by atoms with Crippen molar-refractivity contribution in [3.63, 3.8) is 0 Å². The molecule has 2 aliphatic heterocycles. The van der Waals surface area contributed by atoms with Gasteiger partial charge < -0.3 is 20.1 Å². The Bertz CT molecular complexity index is 906. The fraction of sp³-hybridized carbons (Fsp3) is 0.458. The molecule has 0 aliphatic carbocycles. The van der Waals surface area contributed by atoms with Crippen LogP contribution in [0.3, 0.4) is 0 Å². The van der Waals surface area contributed by atoms with Crippen LogP contribution in [0.2, 0.25) is 0 Å². The van der Waals surface area contributed by atoms with Gasteiger partial charge in [0.15, 0.2) is 11.6 Å². The van der Waals surface area contributed by atoms with Crippen LogP contribution in [-0.2, 0) is 4.79 Å². The molecule has 172 valence electrons. The highest BCUT2D eigenvalue weighted by atomic mass is 19.1. The maximum atomic E-state index is 13.8. The van der Waals surface area contributed by atoms with Gasteiger partial charge in [-0.2, -0.15) is 0 Å². The molecule has 0 bridgehead atoms. The highest BCUT2D eigenvalue weighted by Gasteiger charge is 2.40. The first-order valence-electron chi connectivity index (χ1n) is 11.1. The first-order valence-corrected chi connectivity index (χ1v) is 11.1. The van der Waals surface area contributed by atoms with E-state index in [9.17, 15) is 18.7 Å². The molecule has 2 aromatic rings. The van der Waals surface area contributed by atoms with Crippen molar-refractivity contribution >= 4 is 11.6 Å². The first-order chi connectivity index (χ1) is 15.5. The van der Waals surface area contributed by atoms with Gasteiger partial charge in [-0.3, -0.25) is 9.69 Å². The van der Waals surface area contributed by atoms with E-state index < -0.39 is 11.9 Å². The van der Waals surface area contributed by atoms with E-state index in [0.29, 0.717) is 18.7 Å². The third-order valence-electron chi connectivity index (χ3n) is 6.18. The van der Waals surface area contributed by atoms with E-state index in [-0.39, 0.29) is 42.7 Å². The second-order valence-electron chi connectivity index (χ2n) is 8.34. The third-order valence-corrected chi connectivity index (χ3v) is 6.18. The Morgan fingerprint density at radius 3 is 2.53 bits per heavy atom. The van der Waals surface area contributed by atoms with Crippen molar-refractivity contribution in [2.24, 2.45) is 0 Å². The van der Waals surface area contributed by atoms with Gasteiger partial charge in [-0.25, -0.2) is 8.78 Å². The molecule has 32 heavy (non-hydrogen) atoms. The molecule has 0 radical (unpaired) electrons. The molecule has 2 heterocycles. The molecule has 0 unspecified atom stereocenters. The fourth-order valence-corrected chi connectivity index (χ4v) is 4.56. The number of nitrogens with zero attached hydrogens (tertiary/aromatic N) is 2. The van der Waals surface area contributed by atoms with Crippen LogP contribution in [-0.4, -0.2) is 66.9 Å². The number of amides is 1. The van der Waals surface area contributed by atoms with Gasteiger partial charge >= 0.3 is 0 Å². The van der Waals surface area contributed by atoms with E-state index in [4.69, 9.17) is 4.74 Å². The highest BCUT2D eigenvalue weighted by Crippen LogP contribution is 2.28. The maximum absolute atomic E-state index is 13.8. The van der Waals surface area contributed by atoms with Gasteiger partial charge in [0.2, 0.25) is 5.91 Å². The summed E-state index contributed by atoms with van der Waals surface area (Å²) >= 11 is 0. The Labute approximate surface area is 186 Å². The molecule has 4 rings (SSSR count). The highest BCUT2D eigenvalue weighted by molar-refractivity contribution is 5.99. The van der Waals surface area contributed by atoms with Crippen LogP contribution in [0.5, 0.6) is 5.75 Å². The number of hydrogen-bond donors (Lipinski definition) is 2. The zero-order chi connectivity index (χ0) is 22.5. The van der Waals surface area contributed by atoms with Crippen LogP contribution in [0, 0.1) is 11.6 Å². The molecule has 0 spiro atoms. The average Bonchev–Trinajstić information content (AvgIpc) is 3.19. The van der Waals surface area contributed by atoms with Gasteiger partial charge in [-0.15, -0.1) is 0 Å². The Hall–Kier alpha value is -2.55. The van der Waals surface area contributed by atoms with E-state index in [2.05, 4.69) is 10.2 Å². The molecular formula is C24H29F2N3O3. The number of aliphatic hydroxyl groups excluding tert-OH is 1. The summed E-state index contributed by atoms with van der Waals surface area (Å²) in [5, 5.41) is 14.0. The van der Waals surface area contributed by atoms with E-state index >= 15 is 0 Å². The number of aliphatic hydroxyl groups is 1. The molecule has 6 nitrogen and oxygen atoms in total. The van der Waals surface area contributed by atoms with E-state index in [0.717, 1.165) is 25.9 Å². The van der Waals surface area contributed by atoms with E-state index in [1.54, 1.807) is 29.2 Å². The Balaban J connectivity index is 1.45. The normalized spacial score (nSPS) is 20.7. The fourth-order valence-electron chi connectivity index (χ4n) is 4.56. The standard InChI is InChI=1S/C24H29F2N3O3/c25-17-5-7-18(8-6-17)28-14-11-22(24(28)31)29(19-9-12-27-13-10-19)15-20(30)16-32-23-4-2-1-3-21(23)26/h1-8,19-20,22,27,30H,9-16H2/t20-,22-/m1/s1. The Kier molecular flexibility index (Phi) is 7.34. The first kappa shape index (κ1) is 22.6. The molecule has 2 aliphatic rings. The molecule has 2 aromatic carbocycles. The van der Waals surface area contributed by atoms with Gasteiger partial charge in [-0.05, 0) is 68.8 Å². The van der Waals surface area contributed by atoms with Gasteiger partial charge in [0, 0.05) is 24.8 Å². The predicted octanol–water partition coefficient (Wildman–Crippen LogP) is 2.56. The number of rotatable bonds is 8. The van der Waals surface area contributed by atoms with Crippen molar-refractivity contribution in [2.75, 3.05) is 37.7 Å². The molecule has 2 fully saturated rings. The summed E-state index contributed by atoms with van der Waals surface area (Å²) in [6.45, 7) is 2.44. The molecule has 0 saturated carbocycles. The van der Waals surface area contributed by atoms with Gasteiger partial charge in [0.05, 0.1) is 6.04 Å². The van der Waals surface area contributed by atoms with Gasteiger partial charge in [-0.1, -0.05) is 12.1 Å². The second kappa shape index (κ2) is 10.4. The summed E-state index contributed by atoms with van der Waals surface area (Å²) < 4.78 is 32.6. The summed E-state index contributed by atoms with van der Waals surface area (Å²) in [6, 6.07) is 11.8. The minimum atomic E-state index is -0.878. The van der Waals surface area contributed by atoms with Crippen LogP contribution >= 0.6 is 0 Å². The molecule has 8 heteroatoms. The monoisotopic (exact) mass is 445 g/mol. The van der Waals surface area contributed by atoms with Crippen molar-refractivity contribution < 1.29 is 23.4 Å². The number of anilines is 1. The summed E-state index contributed by atoms with van der Waals surface area (Å²) in [5.74, 6) is -0.765. The zero-order valence-corrected chi connectivity index (χ0v) is 17.9. The molecule has 2 N–H and O–H groups in total. The summed E-state index contributed by atoms with van der Waals surface area (Å²) in [7, 11) is 0. The van der Waals surface area contributed by atoms with Crippen molar-refractivity contribution in [2.45, 2.75) is 37.5 Å². The number of carbonyl (C=O) groups is 1. The SMILES string of the molecule is O=C1[C@H](N(C[C@@H](O)COc2ccccc2F)C2CCNCC2)CCN1c1ccc(F)cc1. The smallest absolute Gasteiger partial charge is 0.244 e. The van der Waals surface area contributed by atoms with Crippen LogP contribution in [0.1, 0.15) is 19.3 Å². The number of ether oxygens (including phenoxy) is 1. The maximum Gasteiger partial charge on any atom is 0.244 e. The molecule has 0 aromatic heterocycles. The Morgan fingerprint density at radius 2 is 1.81 bits per heavy atom. The largest absolute Gasteiger partial charge is 0.488 e. The number of carbonyl (C=O) groups excluding carboxylic acids is 1. The van der Waals surface area contributed by atoms with E-state index in [1.807, 2.05) is 0 Å². The lowest BCUT2D eigenvalue weighted by Crippen LogP contribution is -2.53. The molecule has 2 saturated heterocycles. The summed E-state index contributed by atoms with van der Waals surface area (Å²) in [5.41, 5.74) is 0.674. The second-order valence-corrected chi connectivity index (χ2v) is 8.34. The van der Waals surface area contributed by atoms with Gasteiger partial charge in [0.1, 0.15) is 18.5 Å². The topological polar surface area (TPSA) is 65.0 Å². The molecule has 2 atom stereocenters. The molecule has 1 amide bonds. The lowest BCUT2D eigenvalue weighted by atomic mass is 10.0. The van der Waals surface area contributed by atoms with Crippen LogP contribution in [0.15, 0.2) is 48.5 Å². The van der Waals surface area contributed by atoms with Gasteiger partial charge in [0.25, 0.3) is 0 Å². The van der Waals surface area contributed by atoms with Crippen molar-refractivity contribution in [1.29, 1.82) is 0 Å². The molecular weight excluding hydrogens is 416 g/mol. The number of nitrogens with one attached hydrogen (secondary N) is 1. The number of halogens is 2. The van der Waals surface area contributed by atoms with Crippen LogP contribution in [0.25, 0.3) is 0 Å². The zero-order valence-electron chi connectivity index (χ0n) is 17.9. The van der Waals surface area contributed by atoms with Crippen molar-refractivity contribution in [1.82, 2.24) is 10.2 Å². The number of benzene rings is 2. The lowest BCUT2D eigenvalue weighted by Gasteiger charge is -2.39. The predicted molar refractivity (Wildman–Crippen MR) is 118 cm³/mol.